The number of fused-ring (bicyclic) bond motifs is 1. The molecule has 21 heavy (non-hydrogen) atoms. The highest BCUT2D eigenvalue weighted by atomic mass is 16.5. The molecule has 0 bridgehead atoms. The zero-order valence-electron chi connectivity index (χ0n) is 13.0. The van der Waals surface area contributed by atoms with Gasteiger partial charge in [0.2, 0.25) is 0 Å². The maximum absolute atomic E-state index is 5.39. The van der Waals surface area contributed by atoms with Crippen molar-refractivity contribution in [3.63, 3.8) is 0 Å². The summed E-state index contributed by atoms with van der Waals surface area (Å²) < 4.78 is 5.39. The van der Waals surface area contributed by atoms with Crippen molar-refractivity contribution in [2.24, 2.45) is 0 Å². The van der Waals surface area contributed by atoms with E-state index in [0.717, 1.165) is 52.4 Å². The van der Waals surface area contributed by atoms with E-state index in [1.165, 1.54) is 23.2 Å². The molecule has 0 spiro atoms. The molecule has 4 heteroatoms. The van der Waals surface area contributed by atoms with Crippen LogP contribution in [0, 0.1) is 0 Å². The van der Waals surface area contributed by atoms with Gasteiger partial charge < -0.3 is 15.4 Å². The molecular formula is C17H27N3O. The van der Waals surface area contributed by atoms with E-state index in [4.69, 9.17) is 4.74 Å². The van der Waals surface area contributed by atoms with Gasteiger partial charge in [-0.05, 0) is 30.0 Å². The Kier molecular flexibility index (Phi) is 5.12. The maximum Gasteiger partial charge on any atom is 0.0594 e. The van der Waals surface area contributed by atoms with E-state index in [9.17, 15) is 0 Å². The van der Waals surface area contributed by atoms with Crippen molar-refractivity contribution in [1.82, 2.24) is 10.2 Å². The van der Waals surface area contributed by atoms with Crippen molar-refractivity contribution in [2.45, 2.75) is 32.4 Å². The lowest BCUT2D eigenvalue weighted by molar-refractivity contribution is 0.0398. The highest BCUT2D eigenvalue weighted by Gasteiger charge is 2.19. The van der Waals surface area contributed by atoms with Crippen LogP contribution < -0.4 is 10.6 Å². The van der Waals surface area contributed by atoms with Gasteiger partial charge in [-0.15, -0.1) is 0 Å². The van der Waals surface area contributed by atoms with Crippen molar-refractivity contribution in [3.05, 3.63) is 29.3 Å². The van der Waals surface area contributed by atoms with Gasteiger partial charge in [0.1, 0.15) is 0 Å². The Hall–Kier alpha value is -1.10. The van der Waals surface area contributed by atoms with Gasteiger partial charge in [-0.1, -0.05) is 19.1 Å². The maximum atomic E-state index is 5.39. The largest absolute Gasteiger partial charge is 0.384 e. The predicted molar refractivity (Wildman–Crippen MR) is 86.8 cm³/mol. The van der Waals surface area contributed by atoms with E-state index in [1.54, 1.807) is 0 Å². The summed E-state index contributed by atoms with van der Waals surface area (Å²) in [5, 5.41) is 7.26. The van der Waals surface area contributed by atoms with Crippen LogP contribution >= 0.6 is 0 Å². The van der Waals surface area contributed by atoms with Gasteiger partial charge in [0, 0.05) is 44.5 Å². The summed E-state index contributed by atoms with van der Waals surface area (Å²) in [4.78, 5) is 2.47. The van der Waals surface area contributed by atoms with E-state index in [2.05, 4.69) is 40.7 Å². The van der Waals surface area contributed by atoms with E-state index < -0.39 is 0 Å². The first-order valence-corrected chi connectivity index (χ1v) is 8.25. The number of benzene rings is 1. The quantitative estimate of drug-likeness (QED) is 0.867. The Balaban J connectivity index is 1.58. The van der Waals surface area contributed by atoms with Crippen LogP contribution in [0.3, 0.4) is 0 Å². The molecule has 2 aliphatic rings. The number of nitrogens with one attached hydrogen (secondary N) is 2. The third kappa shape index (κ3) is 3.76. The Morgan fingerprint density at radius 1 is 1.33 bits per heavy atom. The Morgan fingerprint density at radius 2 is 2.19 bits per heavy atom. The first-order valence-electron chi connectivity index (χ1n) is 8.25. The van der Waals surface area contributed by atoms with E-state index >= 15 is 0 Å². The molecule has 1 fully saturated rings. The minimum absolute atomic E-state index is 0.625. The number of hydrogen-bond acceptors (Lipinski definition) is 4. The fraction of sp³-hybridized carbons (Fsp3) is 0.647. The molecule has 2 N–H and O–H groups in total. The van der Waals surface area contributed by atoms with Gasteiger partial charge in [-0.2, -0.15) is 0 Å². The van der Waals surface area contributed by atoms with Crippen molar-refractivity contribution in [1.29, 1.82) is 0 Å². The second-order valence-corrected chi connectivity index (χ2v) is 6.01. The molecule has 0 aliphatic carbocycles. The smallest absolute Gasteiger partial charge is 0.0594 e. The van der Waals surface area contributed by atoms with Gasteiger partial charge in [-0.3, -0.25) is 4.90 Å². The third-order valence-electron chi connectivity index (χ3n) is 4.64. The third-order valence-corrected chi connectivity index (χ3v) is 4.64. The molecule has 1 atom stereocenters. The average molecular weight is 289 g/mol. The Morgan fingerprint density at radius 3 is 3.00 bits per heavy atom. The zero-order chi connectivity index (χ0) is 14.5. The molecule has 1 saturated heterocycles. The molecule has 4 nitrogen and oxygen atoms in total. The van der Waals surface area contributed by atoms with Gasteiger partial charge in [0.05, 0.1) is 13.2 Å². The summed E-state index contributed by atoms with van der Waals surface area (Å²) >= 11 is 0. The van der Waals surface area contributed by atoms with Crippen LogP contribution in [0.15, 0.2) is 18.2 Å². The van der Waals surface area contributed by atoms with Crippen LogP contribution in [0.4, 0.5) is 5.69 Å². The summed E-state index contributed by atoms with van der Waals surface area (Å²) in [5.41, 5.74) is 4.31. The first-order chi connectivity index (χ1) is 10.4. The fourth-order valence-corrected chi connectivity index (χ4v) is 3.24. The second kappa shape index (κ2) is 7.25. The second-order valence-electron chi connectivity index (χ2n) is 6.01. The molecule has 0 amide bonds. The van der Waals surface area contributed by atoms with Crippen LogP contribution in [0.25, 0.3) is 0 Å². The number of hydrogen-bond donors (Lipinski definition) is 2. The first kappa shape index (κ1) is 14.8. The van der Waals surface area contributed by atoms with Crippen LogP contribution in [-0.2, 0) is 17.7 Å². The normalized spacial score (nSPS) is 22.8. The molecule has 1 aromatic rings. The van der Waals surface area contributed by atoms with E-state index in [0.29, 0.717) is 6.04 Å². The molecule has 116 valence electrons. The van der Waals surface area contributed by atoms with Crippen molar-refractivity contribution in [3.8, 4) is 0 Å². The number of ether oxygens (including phenoxy) is 1. The molecule has 1 aromatic carbocycles. The summed E-state index contributed by atoms with van der Waals surface area (Å²) in [6.45, 7) is 9.27. The lowest BCUT2D eigenvalue weighted by atomic mass is 9.93. The SMILES string of the molecule is CCC1Cc2c(cccc2NCCN2CCOCC2)CN1. The number of nitrogens with zero attached hydrogens (tertiary/aromatic N) is 1. The van der Waals surface area contributed by atoms with E-state index in [-0.39, 0.29) is 0 Å². The topological polar surface area (TPSA) is 36.5 Å². The van der Waals surface area contributed by atoms with Crippen molar-refractivity contribution >= 4 is 5.69 Å². The van der Waals surface area contributed by atoms with Gasteiger partial charge in [0.25, 0.3) is 0 Å². The molecule has 0 saturated carbocycles. The monoisotopic (exact) mass is 289 g/mol. The number of anilines is 1. The molecule has 0 aromatic heterocycles. The number of morpholine rings is 1. The standard InChI is InChI=1S/C17H27N3O/c1-2-15-12-16-14(13-19-15)4-3-5-17(16)18-6-7-20-8-10-21-11-9-20/h3-5,15,18-19H,2,6-13H2,1H3. The Labute approximate surface area is 127 Å². The summed E-state index contributed by atoms with van der Waals surface area (Å²) in [7, 11) is 0. The van der Waals surface area contributed by atoms with Gasteiger partial charge in [0.15, 0.2) is 0 Å². The molecule has 1 unspecified atom stereocenters. The van der Waals surface area contributed by atoms with Crippen LogP contribution in [-0.4, -0.2) is 50.3 Å². The summed E-state index contributed by atoms with van der Waals surface area (Å²) in [6.07, 6.45) is 2.34. The van der Waals surface area contributed by atoms with Crippen LogP contribution in [0.2, 0.25) is 0 Å². The summed E-state index contributed by atoms with van der Waals surface area (Å²) in [6, 6.07) is 7.28. The lowest BCUT2D eigenvalue weighted by Crippen LogP contribution is -2.39. The fourth-order valence-electron chi connectivity index (χ4n) is 3.24. The van der Waals surface area contributed by atoms with Crippen LogP contribution in [0.1, 0.15) is 24.5 Å². The van der Waals surface area contributed by atoms with Crippen molar-refractivity contribution in [2.75, 3.05) is 44.7 Å². The molecule has 3 rings (SSSR count). The highest BCUT2D eigenvalue weighted by molar-refractivity contribution is 5.56. The zero-order valence-corrected chi connectivity index (χ0v) is 13.0. The highest BCUT2D eigenvalue weighted by Crippen LogP contribution is 2.25. The van der Waals surface area contributed by atoms with Crippen LogP contribution in [0.5, 0.6) is 0 Å². The summed E-state index contributed by atoms with van der Waals surface area (Å²) in [5.74, 6) is 0. The van der Waals surface area contributed by atoms with E-state index in [1.807, 2.05) is 0 Å². The predicted octanol–water partition coefficient (Wildman–Crippen LogP) is 1.85. The molecular weight excluding hydrogens is 262 g/mol. The van der Waals surface area contributed by atoms with Gasteiger partial charge >= 0.3 is 0 Å². The number of rotatable bonds is 5. The lowest BCUT2D eigenvalue weighted by Gasteiger charge is -2.29. The average Bonchev–Trinajstić information content (AvgIpc) is 2.55. The minimum Gasteiger partial charge on any atom is -0.384 e. The molecule has 2 aliphatic heterocycles. The molecule has 2 heterocycles. The van der Waals surface area contributed by atoms with Gasteiger partial charge in [-0.25, -0.2) is 0 Å². The molecule has 0 radical (unpaired) electrons. The van der Waals surface area contributed by atoms with Crippen molar-refractivity contribution < 1.29 is 4.74 Å². The Bertz CT molecular complexity index is 457. The minimum atomic E-state index is 0.625.